The molecule has 0 saturated heterocycles. The maximum atomic E-state index is 12.2. The van der Waals surface area contributed by atoms with Gasteiger partial charge in [0.1, 0.15) is 6.61 Å². The van der Waals surface area contributed by atoms with E-state index in [1.807, 2.05) is 31.2 Å². The van der Waals surface area contributed by atoms with Crippen LogP contribution in [0.3, 0.4) is 0 Å². The summed E-state index contributed by atoms with van der Waals surface area (Å²) in [7, 11) is 0. The monoisotopic (exact) mass is 440 g/mol. The Morgan fingerprint density at radius 3 is 2.19 bits per heavy atom. The number of alkyl carbamates (subject to hydrolysis) is 1. The molecule has 0 radical (unpaired) electrons. The molecule has 0 spiro atoms. The van der Waals surface area contributed by atoms with Crippen molar-refractivity contribution in [2.45, 2.75) is 38.7 Å². The maximum absolute atomic E-state index is 12.2. The fourth-order valence-electron chi connectivity index (χ4n) is 3.64. The molecule has 0 saturated carbocycles. The van der Waals surface area contributed by atoms with Crippen LogP contribution >= 0.6 is 0 Å². The summed E-state index contributed by atoms with van der Waals surface area (Å²) >= 11 is 0. The third kappa shape index (κ3) is 5.85. The highest BCUT2D eigenvalue weighted by Gasteiger charge is 2.29. The zero-order chi connectivity index (χ0) is 23.1. The first-order chi connectivity index (χ1) is 15.4. The normalized spacial score (nSPS) is 14.1. The summed E-state index contributed by atoms with van der Waals surface area (Å²) in [6.45, 7) is 3.83. The lowest BCUT2D eigenvalue weighted by Crippen LogP contribution is -2.33. The molecule has 170 valence electrons. The van der Waals surface area contributed by atoms with Crippen LogP contribution in [0, 0.1) is 5.92 Å². The van der Waals surface area contributed by atoms with Crippen LogP contribution in [0.25, 0.3) is 11.1 Å². The molecule has 8 heteroatoms. The number of carboxylic acids is 1. The molecule has 0 aliphatic heterocycles. The lowest BCUT2D eigenvalue weighted by molar-refractivity contribution is -0.158. The second-order valence-corrected chi connectivity index (χ2v) is 7.97. The fraction of sp³-hybridized carbons (Fsp3) is 0.375. The largest absolute Gasteiger partial charge is 0.479 e. The van der Waals surface area contributed by atoms with Crippen LogP contribution in [-0.2, 0) is 19.2 Å². The van der Waals surface area contributed by atoms with Crippen molar-refractivity contribution in [1.82, 2.24) is 10.8 Å². The molecular formula is C24H28N2O6. The molecule has 2 atom stereocenters. The maximum Gasteiger partial charge on any atom is 0.407 e. The van der Waals surface area contributed by atoms with E-state index in [0.717, 1.165) is 11.1 Å². The lowest BCUT2D eigenvalue weighted by Gasteiger charge is -2.16. The molecule has 3 N–H and O–H groups in total. The van der Waals surface area contributed by atoms with Crippen LogP contribution in [-0.4, -0.2) is 42.3 Å². The van der Waals surface area contributed by atoms with Gasteiger partial charge in [-0.2, -0.15) is 0 Å². The zero-order valence-corrected chi connectivity index (χ0v) is 18.2. The number of carboxylic acid groups (broad SMARTS) is 1. The first-order valence-corrected chi connectivity index (χ1v) is 10.6. The second-order valence-electron chi connectivity index (χ2n) is 7.97. The number of aliphatic carboxylic acids is 1. The van der Waals surface area contributed by atoms with E-state index in [0.29, 0.717) is 13.0 Å². The average Bonchev–Trinajstić information content (AvgIpc) is 3.12. The topological polar surface area (TPSA) is 114 Å². The summed E-state index contributed by atoms with van der Waals surface area (Å²) in [5.74, 6) is -1.54. The van der Waals surface area contributed by atoms with Crippen molar-refractivity contribution in [3.63, 3.8) is 0 Å². The van der Waals surface area contributed by atoms with Crippen molar-refractivity contribution >= 4 is 18.0 Å². The standard InChI is InChI=1S/C24H28N2O6/c1-15(11-12-22(27)26-32-16(2)23(28)29)13-25-24(30)31-14-21-19-9-5-3-7-17(19)18-8-4-6-10-20(18)21/h3-10,15-16,21H,11-14H2,1-2H3,(H,25,30)(H,26,27)(H,28,29). The quantitative estimate of drug-likeness (QED) is 0.488. The van der Waals surface area contributed by atoms with Crippen molar-refractivity contribution in [3.8, 4) is 11.1 Å². The number of ether oxygens (including phenoxy) is 1. The van der Waals surface area contributed by atoms with Gasteiger partial charge in [0.2, 0.25) is 5.91 Å². The molecule has 2 unspecified atom stereocenters. The van der Waals surface area contributed by atoms with Crippen LogP contribution in [0.1, 0.15) is 43.7 Å². The van der Waals surface area contributed by atoms with Crippen LogP contribution in [0.15, 0.2) is 48.5 Å². The number of nitrogens with one attached hydrogen (secondary N) is 2. The van der Waals surface area contributed by atoms with Crippen molar-refractivity contribution in [1.29, 1.82) is 0 Å². The van der Waals surface area contributed by atoms with E-state index in [2.05, 4.69) is 35.1 Å². The van der Waals surface area contributed by atoms with Crippen LogP contribution in [0.2, 0.25) is 0 Å². The van der Waals surface area contributed by atoms with E-state index in [4.69, 9.17) is 14.7 Å². The van der Waals surface area contributed by atoms with Gasteiger partial charge >= 0.3 is 12.1 Å². The molecule has 0 bridgehead atoms. The highest BCUT2D eigenvalue weighted by atomic mass is 16.7. The van der Waals surface area contributed by atoms with Crippen LogP contribution < -0.4 is 10.8 Å². The van der Waals surface area contributed by atoms with E-state index >= 15 is 0 Å². The number of fused-ring (bicyclic) bond motifs is 3. The molecule has 0 fully saturated rings. The number of hydroxylamine groups is 1. The van der Waals surface area contributed by atoms with Gasteiger partial charge in [0, 0.05) is 18.9 Å². The average molecular weight is 440 g/mol. The van der Waals surface area contributed by atoms with Gasteiger partial charge in [-0.1, -0.05) is 55.5 Å². The summed E-state index contributed by atoms with van der Waals surface area (Å²) in [6, 6.07) is 16.3. The molecule has 0 aromatic heterocycles. The molecule has 32 heavy (non-hydrogen) atoms. The third-order valence-corrected chi connectivity index (χ3v) is 5.50. The van der Waals surface area contributed by atoms with Crippen molar-refractivity contribution in [3.05, 3.63) is 59.7 Å². The Bertz CT molecular complexity index is 931. The van der Waals surface area contributed by atoms with Gasteiger partial charge in [-0.15, -0.1) is 0 Å². The van der Waals surface area contributed by atoms with Crippen molar-refractivity contribution in [2.75, 3.05) is 13.2 Å². The third-order valence-electron chi connectivity index (χ3n) is 5.50. The SMILES string of the molecule is CC(CCC(=O)NOC(C)C(=O)O)CNC(=O)OCC1c2ccccc2-c2ccccc21. The van der Waals surface area contributed by atoms with Gasteiger partial charge in [-0.25, -0.2) is 15.1 Å². The van der Waals surface area contributed by atoms with E-state index in [1.165, 1.54) is 18.1 Å². The Balaban J connectivity index is 1.40. The minimum absolute atomic E-state index is 0.00228. The van der Waals surface area contributed by atoms with E-state index < -0.39 is 24.1 Å². The number of hydrogen-bond donors (Lipinski definition) is 3. The highest BCUT2D eigenvalue weighted by molar-refractivity contribution is 5.79. The summed E-state index contributed by atoms with van der Waals surface area (Å²) in [6.07, 6.45) is -0.964. The molecule has 0 heterocycles. The molecule has 3 rings (SSSR count). The number of amides is 2. The van der Waals surface area contributed by atoms with E-state index in [-0.39, 0.29) is 24.9 Å². The predicted molar refractivity (Wildman–Crippen MR) is 118 cm³/mol. The van der Waals surface area contributed by atoms with E-state index in [9.17, 15) is 14.4 Å². The minimum Gasteiger partial charge on any atom is -0.479 e. The molecule has 2 aromatic rings. The molecule has 1 aliphatic rings. The first-order valence-electron chi connectivity index (χ1n) is 10.6. The molecular weight excluding hydrogens is 412 g/mol. The Labute approximate surface area is 186 Å². The summed E-state index contributed by atoms with van der Waals surface area (Å²) < 4.78 is 5.50. The number of benzene rings is 2. The molecule has 2 aromatic carbocycles. The smallest absolute Gasteiger partial charge is 0.407 e. The van der Waals surface area contributed by atoms with Gasteiger partial charge < -0.3 is 15.2 Å². The Kier molecular flexibility index (Phi) is 7.83. The molecule has 8 nitrogen and oxygen atoms in total. The number of carbonyl (C=O) groups is 3. The first kappa shape index (κ1) is 23.3. The molecule has 1 aliphatic carbocycles. The lowest BCUT2D eigenvalue weighted by atomic mass is 9.98. The Hall–Kier alpha value is -3.39. The van der Waals surface area contributed by atoms with Gasteiger partial charge in [-0.05, 0) is 41.5 Å². The number of carbonyl (C=O) groups excluding carboxylic acids is 2. The van der Waals surface area contributed by atoms with Gasteiger partial charge in [0.05, 0.1) is 0 Å². The van der Waals surface area contributed by atoms with E-state index in [1.54, 1.807) is 0 Å². The number of rotatable bonds is 10. The number of hydrogen-bond acceptors (Lipinski definition) is 5. The van der Waals surface area contributed by atoms with Crippen LogP contribution in [0.4, 0.5) is 4.79 Å². The highest BCUT2D eigenvalue weighted by Crippen LogP contribution is 2.44. The van der Waals surface area contributed by atoms with Gasteiger partial charge in [0.15, 0.2) is 6.10 Å². The van der Waals surface area contributed by atoms with Crippen LogP contribution in [0.5, 0.6) is 0 Å². The Morgan fingerprint density at radius 1 is 1.00 bits per heavy atom. The zero-order valence-electron chi connectivity index (χ0n) is 18.2. The van der Waals surface area contributed by atoms with Crippen molar-refractivity contribution < 1.29 is 29.1 Å². The predicted octanol–water partition coefficient (Wildman–Crippen LogP) is 3.46. The minimum atomic E-state index is -1.16. The van der Waals surface area contributed by atoms with Gasteiger partial charge in [0.25, 0.3) is 0 Å². The summed E-state index contributed by atoms with van der Waals surface area (Å²) in [5, 5.41) is 11.5. The summed E-state index contributed by atoms with van der Waals surface area (Å²) in [5.41, 5.74) is 6.77. The second kappa shape index (κ2) is 10.8. The van der Waals surface area contributed by atoms with Crippen molar-refractivity contribution in [2.24, 2.45) is 5.92 Å². The summed E-state index contributed by atoms with van der Waals surface area (Å²) in [4.78, 5) is 39.3. The van der Waals surface area contributed by atoms with Gasteiger partial charge in [-0.3, -0.25) is 9.63 Å². The Morgan fingerprint density at radius 2 is 1.59 bits per heavy atom. The fourth-order valence-corrected chi connectivity index (χ4v) is 3.64. The molecule has 2 amide bonds.